The summed E-state index contributed by atoms with van der Waals surface area (Å²) in [6.07, 6.45) is -2.03. The number of rotatable bonds is 1. The van der Waals surface area contributed by atoms with Gasteiger partial charge in [0.2, 0.25) is 5.95 Å². The summed E-state index contributed by atoms with van der Waals surface area (Å²) in [7, 11) is 1.57. The predicted molar refractivity (Wildman–Crippen MR) is 58.1 cm³/mol. The molecule has 0 spiro atoms. The summed E-state index contributed by atoms with van der Waals surface area (Å²) in [5.41, 5.74) is 9.28. The van der Waals surface area contributed by atoms with E-state index >= 15 is 0 Å². The van der Waals surface area contributed by atoms with Gasteiger partial charge in [-0.3, -0.25) is 4.68 Å². The minimum absolute atomic E-state index is 0.172. The van der Waals surface area contributed by atoms with Gasteiger partial charge in [-0.05, 0) is 0 Å². The molecule has 0 aliphatic heterocycles. The van der Waals surface area contributed by atoms with E-state index in [1.165, 1.54) is 17.1 Å². The molecule has 0 bridgehead atoms. The van der Waals surface area contributed by atoms with Gasteiger partial charge < -0.3 is 11.5 Å². The van der Waals surface area contributed by atoms with Crippen LogP contribution in [0, 0.1) is 0 Å². The maximum atomic E-state index is 12.9. The first-order chi connectivity index (χ1) is 8.29. The summed E-state index contributed by atoms with van der Waals surface area (Å²) in [4.78, 5) is 6.93. The van der Waals surface area contributed by atoms with E-state index < -0.39 is 17.6 Å². The van der Waals surface area contributed by atoms with Crippen molar-refractivity contribution in [1.29, 1.82) is 0 Å². The molecule has 2 aromatic heterocycles. The molecule has 2 rings (SSSR count). The zero-order chi connectivity index (χ0) is 13.5. The highest BCUT2D eigenvalue weighted by Crippen LogP contribution is 2.39. The van der Waals surface area contributed by atoms with E-state index in [-0.39, 0.29) is 17.2 Å². The Morgan fingerprint density at radius 2 is 1.89 bits per heavy atom. The molecule has 96 valence electrons. The highest BCUT2D eigenvalue weighted by atomic mass is 19.4. The van der Waals surface area contributed by atoms with Crippen LogP contribution in [0.4, 0.5) is 24.9 Å². The Kier molecular flexibility index (Phi) is 2.60. The van der Waals surface area contributed by atoms with Crippen molar-refractivity contribution in [2.24, 2.45) is 7.05 Å². The van der Waals surface area contributed by atoms with Crippen LogP contribution in [0.5, 0.6) is 0 Å². The van der Waals surface area contributed by atoms with Crippen molar-refractivity contribution < 1.29 is 13.2 Å². The molecule has 2 heterocycles. The molecule has 9 heteroatoms. The van der Waals surface area contributed by atoms with Gasteiger partial charge in [0.15, 0.2) is 0 Å². The summed E-state index contributed by atoms with van der Waals surface area (Å²) in [5.74, 6) is -1.02. The van der Waals surface area contributed by atoms with Crippen molar-refractivity contribution in [3.63, 3.8) is 0 Å². The van der Waals surface area contributed by atoms with Gasteiger partial charge in [0.05, 0.1) is 11.9 Å². The van der Waals surface area contributed by atoms with E-state index in [1.807, 2.05) is 0 Å². The predicted octanol–water partition coefficient (Wildman–Crippen LogP) is 1.06. The molecule has 0 saturated heterocycles. The monoisotopic (exact) mass is 258 g/mol. The molecule has 0 radical (unpaired) electrons. The molecule has 2 aromatic rings. The molecule has 0 unspecified atom stereocenters. The summed E-state index contributed by atoms with van der Waals surface area (Å²) < 4.78 is 40.1. The van der Waals surface area contributed by atoms with Crippen molar-refractivity contribution >= 4 is 11.8 Å². The Hall–Kier alpha value is -2.32. The Bertz CT molecular complexity index is 588. The first-order valence-corrected chi connectivity index (χ1v) is 4.78. The molecule has 18 heavy (non-hydrogen) atoms. The third kappa shape index (κ3) is 2.06. The van der Waals surface area contributed by atoms with E-state index in [4.69, 9.17) is 11.5 Å². The van der Waals surface area contributed by atoms with E-state index in [2.05, 4.69) is 15.1 Å². The first-order valence-electron chi connectivity index (χ1n) is 4.78. The van der Waals surface area contributed by atoms with Crippen LogP contribution in [0.2, 0.25) is 0 Å². The van der Waals surface area contributed by atoms with Crippen LogP contribution in [0.3, 0.4) is 0 Å². The van der Waals surface area contributed by atoms with E-state index in [0.717, 1.165) is 0 Å². The molecular weight excluding hydrogens is 249 g/mol. The fourth-order valence-corrected chi connectivity index (χ4v) is 1.53. The lowest BCUT2D eigenvalue weighted by atomic mass is 10.1. The van der Waals surface area contributed by atoms with Crippen molar-refractivity contribution in [2.45, 2.75) is 6.18 Å². The molecule has 0 amide bonds. The molecule has 6 nitrogen and oxygen atoms in total. The summed E-state index contributed by atoms with van der Waals surface area (Å²) >= 11 is 0. The van der Waals surface area contributed by atoms with E-state index in [9.17, 15) is 13.2 Å². The topological polar surface area (TPSA) is 95.6 Å². The zero-order valence-electron chi connectivity index (χ0n) is 9.23. The largest absolute Gasteiger partial charge is 0.422 e. The number of nitrogen functional groups attached to an aromatic ring is 2. The van der Waals surface area contributed by atoms with Gasteiger partial charge in [-0.2, -0.15) is 23.3 Å². The number of aryl methyl sites for hydroxylation is 1. The lowest BCUT2D eigenvalue weighted by Crippen LogP contribution is -2.15. The minimum Gasteiger partial charge on any atom is -0.383 e. The van der Waals surface area contributed by atoms with Crippen molar-refractivity contribution in [3.05, 3.63) is 18.0 Å². The normalized spacial score (nSPS) is 11.8. The van der Waals surface area contributed by atoms with Crippen molar-refractivity contribution in [1.82, 2.24) is 19.7 Å². The molecule has 0 atom stereocenters. The first kappa shape index (κ1) is 12.1. The lowest BCUT2D eigenvalue weighted by Gasteiger charge is -2.13. The number of alkyl halides is 3. The standard InChI is InChI=1S/C9H9F3N6/c1-18-3-4(2-15-18)6-5(9(10,11)12)7(13)17-8(14)16-6/h2-3H,1H3,(H4,13,14,16,17). The maximum Gasteiger partial charge on any atom is 0.422 e. The van der Waals surface area contributed by atoms with E-state index in [0.29, 0.717) is 0 Å². The van der Waals surface area contributed by atoms with E-state index in [1.54, 1.807) is 7.05 Å². The average molecular weight is 258 g/mol. The molecule has 0 fully saturated rings. The van der Waals surface area contributed by atoms with Crippen LogP contribution in [0.1, 0.15) is 5.56 Å². The van der Waals surface area contributed by atoms with Gasteiger partial charge >= 0.3 is 6.18 Å². The number of nitrogens with zero attached hydrogens (tertiary/aromatic N) is 4. The highest BCUT2D eigenvalue weighted by molar-refractivity contribution is 5.68. The quantitative estimate of drug-likeness (QED) is 0.797. The fourth-order valence-electron chi connectivity index (χ4n) is 1.53. The lowest BCUT2D eigenvalue weighted by molar-refractivity contribution is -0.136. The summed E-state index contributed by atoms with van der Waals surface area (Å²) in [5, 5.41) is 3.78. The SMILES string of the molecule is Cn1cc(-c2nc(N)nc(N)c2C(F)(F)F)cn1. The second kappa shape index (κ2) is 3.86. The Labute approximate surface area is 99.4 Å². The number of nitrogens with two attached hydrogens (primary N) is 2. The molecule has 4 N–H and O–H groups in total. The zero-order valence-corrected chi connectivity index (χ0v) is 9.23. The number of hydrogen-bond acceptors (Lipinski definition) is 5. The third-order valence-electron chi connectivity index (χ3n) is 2.22. The number of halogens is 3. The highest BCUT2D eigenvalue weighted by Gasteiger charge is 2.38. The van der Waals surface area contributed by atoms with Gasteiger partial charge in [-0.15, -0.1) is 0 Å². The van der Waals surface area contributed by atoms with Gasteiger partial charge in [-0.25, -0.2) is 4.98 Å². The average Bonchev–Trinajstić information content (AvgIpc) is 2.61. The fraction of sp³-hybridized carbons (Fsp3) is 0.222. The van der Waals surface area contributed by atoms with Gasteiger partial charge in [0.25, 0.3) is 0 Å². The Balaban J connectivity index is 2.72. The van der Waals surface area contributed by atoms with Crippen LogP contribution in [0.25, 0.3) is 11.3 Å². The van der Waals surface area contributed by atoms with Crippen LogP contribution >= 0.6 is 0 Å². The van der Waals surface area contributed by atoms with Gasteiger partial charge in [-0.1, -0.05) is 0 Å². The number of aromatic nitrogens is 4. The van der Waals surface area contributed by atoms with Gasteiger partial charge in [0, 0.05) is 18.8 Å². The van der Waals surface area contributed by atoms with Crippen molar-refractivity contribution in [3.8, 4) is 11.3 Å². The summed E-state index contributed by atoms with van der Waals surface area (Å²) in [6.45, 7) is 0. The van der Waals surface area contributed by atoms with Crippen LogP contribution in [-0.2, 0) is 13.2 Å². The van der Waals surface area contributed by atoms with Crippen LogP contribution in [0.15, 0.2) is 12.4 Å². The molecule has 0 saturated carbocycles. The third-order valence-corrected chi connectivity index (χ3v) is 2.22. The molecule has 0 aromatic carbocycles. The maximum absolute atomic E-state index is 12.9. The minimum atomic E-state index is -4.66. The second-order valence-corrected chi connectivity index (χ2v) is 3.59. The van der Waals surface area contributed by atoms with Crippen LogP contribution < -0.4 is 11.5 Å². The molecular formula is C9H9F3N6. The Morgan fingerprint density at radius 3 is 2.39 bits per heavy atom. The number of hydrogen-bond donors (Lipinski definition) is 2. The van der Waals surface area contributed by atoms with Gasteiger partial charge in [0.1, 0.15) is 11.4 Å². The smallest absolute Gasteiger partial charge is 0.383 e. The molecule has 0 aliphatic rings. The Morgan fingerprint density at radius 1 is 1.22 bits per heavy atom. The molecule has 0 aliphatic carbocycles. The van der Waals surface area contributed by atoms with Crippen molar-refractivity contribution in [2.75, 3.05) is 11.5 Å². The second-order valence-electron chi connectivity index (χ2n) is 3.59. The van der Waals surface area contributed by atoms with Crippen LogP contribution in [-0.4, -0.2) is 19.7 Å². The summed E-state index contributed by atoms with van der Waals surface area (Å²) in [6, 6.07) is 0. The number of anilines is 2.